The largest absolute Gasteiger partial charge is 0.366 e. The summed E-state index contributed by atoms with van der Waals surface area (Å²) in [5.41, 5.74) is 6.88. The number of rotatable bonds is 1. The molecule has 1 fully saturated rings. The van der Waals surface area contributed by atoms with E-state index < -0.39 is 0 Å². The zero-order chi connectivity index (χ0) is 16.9. The molecular formula is C24H24O. The lowest BCUT2D eigenvalue weighted by Gasteiger charge is -2.35. The molecule has 1 aliphatic heterocycles. The van der Waals surface area contributed by atoms with Gasteiger partial charge in [0.25, 0.3) is 0 Å². The van der Waals surface area contributed by atoms with E-state index >= 15 is 0 Å². The van der Waals surface area contributed by atoms with Crippen molar-refractivity contribution in [1.82, 2.24) is 0 Å². The third kappa shape index (κ3) is 2.33. The minimum atomic E-state index is -0.0588. The summed E-state index contributed by atoms with van der Waals surface area (Å²) in [6, 6.07) is 20.1. The predicted octanol–water partition coefficient (Wildman–Crippen LogP) is 6.50. The number of ether oxygens (including phenoxy) is 1. The summed E-state index contributed by atoms with van der Waals surface area (Å²) >= 11 is 0. The summed E-state index contributed by atoms with van der Waals surface area (Å²) in [7, 11) is 0. The highest BCUT2D eigenvalue weighted by molar-refractivity contribution is 6.00. The maximum atomic E-state index is 6.52. The van der Waals surface area contributed by atoms with Crippen molar-refractivity contribution >= 4 is 10.8 Å². The van der Waals surface area contributed by atoms with Crippen molar-refractivity contribution in [2.24, 2.45) is 0 Å². The highest BCUT2D eigenvalue weighted by Crippen LogP contribution is 2.52. The summed E-state index contributed by atoms with van der Waals surface area (Å²) in [5.74, 6) is 0. The van der Waals surface area contributed by atoms with Crippen LogP contribution >= 0.6 is 0 Å². The summed E-state index contributed by atoms with van der Waals surface area (Å²) in [6.45, 7) is 2.95. The van der Waals surface area contributed by atoms with Gasteiger partial charge < -0.3 is 4.74 Å². The monoisotopic (exact) mass is 328 g/mol. The Morgan fingerprint density at radius 1 is 0.880 bits per heavy atom. The molecule has 5 rings (SSSR count). The highest BCUT2D eigenvalue weighted by Gasteiger charge is 2.43. The van der Waals surface area contributed by atoms with Crippen LogP contribution in [-0.2, 0) is 16.9 Å². The van der Waals surface area contributed by atoms with Gasteiger partial charge >= 0.3 is 0 Å². The Morgan fingerprint density at radius 2 is 1.68 bits per heavy atom. The molecule has 1 heterocycles. The lowest BCUT2D eigenvalue weighted by atomic mass is 9.75. The molecule has 3 aromatic carbocycles. The first-order chi connectivity index (χ1) is 12.3. The van der Waals surface area contributed by atoms with E-state index in [1.807, 2.05) is 0 Å². The molecule has 0 N–H and O–H groups in total. The molecule has 25 heavy (non-hydrogen) atoms. The second kappa shape index (κ2) is 5.71. The van der Waals surface area contributed by atoms with Gasteiger partial charge in [0, 0.05) is 0 Å². The van der Waals surface area contributed by atoms with Crippen molar-refractivity contribution in [2.75, 3.05) is 0 Å². The fourth-order valence-electron chi connectivity index (χ4n) is 4.91. The smallest absolute Gasteiger partial charge is 0.0945 e. The highest BCUT2D eigenvalue weighted by atomic mass is 16.5. The van der Waals surface area contributed by atoms with Gasteiger partial charge in [-0.1, -0.05) is 73.4 Å². The molecular weight excluding hydrogens is 304 g/mol. The molecule has 1 heteroatoms. The van der Waals surface area contributed by atoms with Gasteiger partial charge in [0.15, 0.2) is 0 Å². The Morgan fingerprint density at radius 3 is 2.48 bits per heavy atom. The summed E-state index contributed by atoms with van der Waals surface area (Å²) in [4.78, 5) is 0. The molecule has 1 aliphatic carbocycles. The lowest BCUT2D eigenvalue weighted by molar-refractivity contribution is -0.0634. The zero-order valence-electron chi connectivity index (χ0n) is 14.8. The molecule has 0 atom stereocenters. The summed E-state index contributed by atoms with van der Waals surface area (Å²) in [6.07, 6.45) is 6.22. The molecule has 3 aromatic rings. The van der Waals surface area contributed by atoms with E-state index in [1.54, 1.807) is 0 Å². The normalized spacial score (nSPS) is 18.6. The van der Waals surface area contributed by atoms with E-state index in [2.05, 4.69) is 61.5 Å². The maximum Gasteiger partial charge on any atom is 0.0945 e. The molecule has 0 aromatic heterocycles. The zero-order valence-corrected chi connectivity index (χ0v) is 14.8. The van der Waals surface area contributed by atoms with Crippen molar-refractivity contribution in [2.45, 2.75) is 51.2 Å². The van der Waals surface area contributed by atoms with Crippen molar-refractivity contribution < 1.29 is 4.74 Å². The number of hydrogen-bond acceptors (Lipinski definition) is 1. The van der Waals surface area contributed by atoms with E-state index in [0.717, 1.165) is 19.4 Å². The summed E-state index contributed by atoms with van der Waals surface area (Å²) in [5, 5.41) is 2.71. The van der Waals surface area contributed by atoms with Crippen LogP contribution in [0.1, 0.15) is 48.8 Å². The second-order valence-electron chi connectivity index (χ2n) is 7.72. The molecule has 1 nitrogen and oxygen atoms in total. The van der Waals surface area contributed by atoms with Crippen molar-refractivity contribution in [3.63, 3.8) is 0 Å². The first-order valence-electron chi connectivity index (χ1n) is 9.53. The van der Waals surface area contributed by atoms with E-state index in [4.69, 9.17) is 4.74 Å². The Balaban J connectivity index is 1.87. The van der Waals surface area contributed by atoms with Gasteiger partial charge in [-0.25, -0.2) is 0 Å². The van der Waals surface area contributed by atoms with Gasteiger partial charge in [-0.3, -0.25) is 0 Å². The fraction of sp³-hybridized carbons (Fsp3) is 0.333. The first-order valence-corrected chi connectivity index (χ1v) is 9.53. The molecule has 0 saturated heterocycles. The average molecular weight is 328 g/mol. The number of hydrogen-bond donors (Lipinski definition) is 0. The minimum absolute atomic E-state index is 0.0588. The number of benzene rings is 3. The third-order valence-corrected chi connectivity index (χ3v) is 6.06. The average Bonchev–Trinajstić information content (AvgIpc) is 2.99. The van der Waals surface area contributed by atoms with Crippen molar-refractivity contribution in [1.29, 1.82) is 0 Å². The van der Waals surface area contributed by atoms with Crippen LogP contribution < -0.4 is 0 Å². The topological polar surface area (TPSA) is 9.23 Å². The van der Waals surface area contributed by atoms with Gasteiger partial charge in [-0.15, -0.1) is 0 Å². The van der Waals surface area contributed by atoms with Crippen LogP contribution in [0, 0.1) is 6.92 Å². The van der Waals surface area contributed by atoms with Gasteiger partial charge in [0.2, 0.25) is 0 Å². The Labute approximate surface area is 149 Å². The Hall–Kier alpha value is -2.12. The minimum Gasteiger partial charge on any atom is -0.366 e. The van der Waals surface area contributed by atoms with Crippen LogP contribution in [0.2, 0.25) is 0 Å². The van der Waals surface area contributed by atoms with E-state index in [9.17, 15) is 0 Å². The van der Waals surface area contributed by atoms with Crippen LogP contribution in [-0.4, -0.2) is 0 Å². The SMILES string of the molecule is Cc1ccc2cc3c(c(-c4ccccc4)c2c1)C1(CCCCC1)OC3. The van der Waals surface area contributed by atoms with Gasteiger partial charge in [0.05, 0.1) is 12.2 Å². The van der Waals surface area contributed by atoms with Crippen LogP contribution in [0.4, 0.5) is 0 Å². The third-order valence-electron chi connectivity index (χ3n) is 6.06. The van der Waals surface area contributed by atoms with Crippen LogP contribution in [0.15, 0.2) is 54.6 Å². The lowest BCUT2D eigenvalue weighted by Crippen LogP contribution is -2.28. The molecule has 0 unspecified atom stereocenters. The molecule has 0 amide bonds. The van der Waals surface area contributed by atoms with Crippen molar-refractivity contribution in [3.8, 4) is 11.1 Å². The van der Waals surface area contributed by atoms with Crippen LogP contribution in [0.25, 0.3) is 21.9 Å². The first kappa shape index (κ1) is 15.2. The van der Waals surface area contributed by atoms with Gasteiger partial charge in [0.1, 0.15) is 0 Å². The molecule has 1 saturated carbocycles. The quantitative estimate of drug-likeness (QED) is 0.495. The molecule has 126 valence electrons. The van der Waals surface area contributed by atoms with E-state index in [-0.39, 0.29) is 5.60 Å². The fourth-order valence-corrected chi connectivity index (χ4v) is 4.91. The standard InChI is InChI=1S/C24H24O/c1-17-10-11-19-15-20-16-25-24(12-6-3-7-13-24)23(20)22(21(19)14-17)18-8-4-2-5-9-18/h2,4-5,8-11,14-15H,3,6-7,12-13,16H2,1H3. The number of aryl methyl sites for hydroxylation is 1. The van der Waals surface area contributed by atoms with Gasteiger partial charge in [-0.2, -0.15) is 0 Å². The Bertz CT molecular complexity index is 933. The molecule has 1 spiro atoms. The second-order valence-corrected chi connectivity index (χ2v) is 7.72. The van der Waals surface area contributed by atoms with E-state index in [0.29, 0.717) is 0 Å². The number of fused-ring (bicyclic) bond motifs is 3. The predicted molar refractivity (Wildman–Crippen MR) is 104 cm³/mol. The Kier molecular flexibility index (Phi) is 3.46. The van der Waals surface area contributed by atoms with Crippen LogP contribution in [0.3, 0.4) is 0 Å². The van der Waals surface area contributed by atoms with Crippen molar-refractivity contribution in [3.05, 3.63) is 71.3 Å². The molecule has 0 radical (unpaired) electrons. The van der Waals surface area contributed by atoms with Gasteiger partial charge in [-0.05, 0) is 58.9 Å². The summed E-state index contributed by atoms with van der Waals surface area (Å²) < 4.78 is 6.52. The molecule has 2 aliphatic rings. The molecule has 0 bridgehead atoms. The van der Waals surface area contributed by atoms with Crippen LogP contribution in [0.5, 0.6) is 0 Å². The maximum absolute atomic E-state index is 6.52. The van der Waals surface area contributed by atoms with E-state index in [1.165, 1.54) is 57.9 Å².